The average molecular weight is 293 g/mol. The van der Waals surface area contributed by atoms with Crippen LogP contribution in [0.25, 0.3) is 0 Å². The highest BCUT2D eigenvalue weighted by Crippen LogP contribution is 2.16. The Hall–Kier alpha value is -1.82. The lowest BCUT2D eigenvalue weighted by Gasteiger charge is -2.31. The van der Waals surface area contributed by atoms with Crippen molar-refractivity contribution >= 4 is 11.8 Å². The lowest BCUT2D eigenvalue weighted by atomic mass is 9.97. The third kappa shape index (κ3) is 4.60. The highest BCUT2D eigenvalue weighted by Gasteiger charge is 2.27. The Bertz CT molecular complexity index is 459. The van der Waals surface area contributed by atoms with E-state index in [0.717, 1.165) is 25.9 Å². The summed E-state index contributed by atoms with van der Waals surface area (Å²) in [7, 11) is 1.51. The van der Waals surface area contributed by atoms with E-state index in [1.807, 2.05) is 29.1 Å². The lowest BCUT2D eigenvalue weighted by molar-refractivity contribution is -0.138. The summed E-state index contributed by atoms with van der Waals surface area (Å²) < 4.78 is 6.89. The van der Waals surface area contributed by atoms with Crippen LogP contribution < -0.4 is 5.32 Å². The summed E-state index contributed by atoms with van der Waals surface area (Å²) in [6, 6.07) is 3.92. The Labute approximate surface area is 125 Å². The SMILES string of the molecule is COCC(=O)N1CCC[C@@H](C(=O)NCCn2cccc2)C1. The molecule has 0 spiro atoms. The van der Waals surface area contributed by atoms with Crippen LogP contribution in [0.5, 0.6) is 0 Å². The Morgan fingerprint density at radius 3 is 2.81 bits per heavy atom. The molecule has 0 bridgehead atoms. The maximum atomic E-state index is 12.2. The number of ether oxygens (including phenoxy) is 1. The van der Waals surface area contributed by atoms with Gasteiger partial charge in [0.15, 0.2) is 0 Å². The van der Waals surface area contributed by atoms with E-state index in [4.69, 9.17) is 4.74 Å². The molecule has 1 N–H and O–H groups in total. The first kappa shape index (κ1) is 15.6. The Kier molecular flexibility index (Phi) is 5.80. The molecule has 0 aromatic carbocycles. The molecule has 1 aliphatic heterocycles. The second-order valence-corrected chi connectivity index (χ2v) is 5.32. The number of likely N-dealkylation sites (tertiary alicyclic amines) is 1. The fraction of sp³-hybridized carbons (Fsp3) is 0.600. The minimum absolute atomic E-state index is 0.0390. The summed E-state index contributed by atoms with van der Waals surface area (Å²) in [5.41, 5.74) is 0. The summed E-state index contributed by atoms with van der Waals surface area (Å²) >= 11 is 0. The monoisotopic (exact) mass is 293 g/mol. The van der Waals surface area contributed by atoms with Gasteiger partial charge in [-0.15, -0.1) is 0 Å². The van der Waals surface area contributed by atoms with Gasteiger partial charge in [-0.1, -0.05) is 0 Å². The number of carbonyl (C=O) groups excluding carboxylic acids is 2. The highest BCUT2D eigenvalue weighted by atomic mass is 16.5. The molecule has 2 rings (SSSR count). The van der Waals surface area contributed by atoms with Gasteiger partial charge in [-0.25, -0.2) is 0 Å². The fourth-order valence-corrected chi connectivity index (χ4v) is 2.60. The zero-order valence-electron chi connectivity index (χ0n) is 12.5. The van der Waals surface area contributed by atoms with Crippen molar-refractivity contribution < 1.29 is 14.3 Å². The smallest absolute Gasteiger partial charge is 0.248 e. The number of carbonyl (C=O) groups is 2. The number of nitrogens with one attached hydrogen (secondary N) is 1. The lowest BCUT2D eigenvalue weighted by Crippen LogP contribution is -2.46. The maximum absolute atomic E-state index is 12.2. The largest absolute Gasteiger partial charge is 0.375 e. The standard InChI is InChI=1S/C15H23N3O3/c1-21-12-14(19)18-9-4-5-13(11-18)15(20)16-6-10-17-7-2-3-8-17/h2-3,7-8,13H,4-6,9-12H2,1H3,(H,16,20)/t13-/m1/s1. The first-order chi connectivity index (χ1) is 10.2. The summed E-state index contributed by atoms with van der Waals surface area (Å²) in [4.78, 5) is 25.7. The van der Waals surface area contributed by atoms with E-state index < -0.39 is 0 Å². The molecule has 1 saturated heterocycles. The molecule has 0 saturated carbocycles. The number of aromatic nitrogens is 1. The van der Waals surface area contributed by atoms with Crippen molar-refractivity contribution in [3.8, 4) is 0 Å². The number of hydrogen-bond donors (Lipinski definition) is 1. The van der Waals surface area contributed by atoms with Crippen LogP contribution in [0, 0.1) is 5.92 Å². The predicted molar refractivity (Wildman–Crippen MR) is 78.6 cm³/mol. The first-order valence-corrected chi connectivity index (χ1v) is 7.36. The molecular weight excluding hydrogens is 270 g/mol. The van der Waals surface area contributed by atoms with Crippen LogP contribution >= 0.6 is 0 Å². The zero-order chi connectivity index (χ0) is 15.1. The van der Waals surface area contributed by atoms with Gasteiger partial charge in [0, 0.05) is 45.7 Å². The molecule has 2 heterocycles. The summed E-state index contributed by atoms with van der Waals surface area (Å²) in [6.07, 6.45) is 5.65. The van der Waals surface area contributed by atoms with Crippen molar-refractivity contribution in [3.05, 3.63) is 24.5 Å². The molecule has 6 heteroatoms. The molecule has 1 aromatic rings. The molecule has 116 valence electrons. The van der Waals surface area contributed by atoms with Gasteiger partial charge >= 0.3 is 0 Å². The average Bonchev–Trinajstić information content (AvgIpc) is 3.01. The van der Waals surface area contributed by atoms with E-state index in [2.05, 4.69) is 5.32 Å². The van der Waals surface area contributed by atoms with Gasteiger partial charge in [-0.2, -0.15) is 0 Å². The fourth-order valence-electron chi connectivity index (χ4n) is 2.60. The van der Waals surface area contributed by atoms with Gasteiger partial charge in [0.1, 0.15) is 6.61 Å². The third-order valence-corrected chi connectivity index (χ3v) is 3.75. The summed E-state index contributed by atoms with van der Waals surface area (Å²) in [6.45, 7) is 2.67. The molecule has 0 unspecified atom stereocenters. The minimum atomic E-state index is -0.107. The molecule has 6 nitrogen and oxygen atoms in total. The highest BCUT2D eigenvalue weighted by molar-refractivity contribution is 5.81. The van der Waals surface area contributed by atoms with E-state index in [1.165, 1.54) is 7.11 Å². The minimum Gasteiger partial charge on any atom is -0.375 e. The number of rotatable bonds is 6. The normalized spacial score (nSPS) is 18.5. The number of amides is 2. The van der Waals surface area contributed by atoms with Crippen molar-refractivity contribution in [2.45, 2.75) is 19.4 Å². The first-order valence-electron chi connectivity index (χ1n) is 7.36. The van der Waals surface area contributed by atoms with Crippen LogP contribution in [-0.2, 0) is 20.9 Å². The van der Waals surface area contributed by atoms with Gasteiger partial charge in [-0.3, -0.25) is 9.59 Å². The van der Waals surface area contributed by atoms with Crippen LogP contribution in [-0.4, -0.2) is 54.6 Å². The van der Waals surface area contributed by atoms with Crippen molar-refractivity contribution in [1.29, 1.82) is 0 Å². The Balaban J connectivity index is 1.75. The van der Waals surface area contributed by atoms with Crippen LogP contribution in [0.2, 0.25) is 0 Å². The summed E-state index contributed by atoms with van der Waals surface area (Å²) in [5.74, 6) is -0.108. The van der Waals surface area contributed by atoms with Crippen molar-refractivity contribution in [2.75, 3.05) is 33.4 Å². The van der Waals surface area contributed by atoms with Gasteiger partial charge < -0.3 is 19.5 Å². The molecular formula is C15H23N3O3. The summed E-state index contributed by atoms with van der Waals surface area (Å²) in [5, 5.41) is 2.95. The van der Waals surface area contributed by atoms with Crippen molar-refractivity contribution in [3.63, 3.8) is 0 Å². The van der Waals surface area contributed by atoms with Gasteiger partial charge in [0.2, 0.25) is 11.8 Å². The van der Waals surface area contributed by atoms with E-state index in [1.54, 1.807) is 4.90 Å². The van der Waals surface area contributed by atoms with Crippen LogP contribution in [0.4, 0.5) is 0 Å². The van der Waals surface area contributed by atoms with Crippen LogP contribution in [0.15, 0.2) is 24.5 Å². The number of nitrogens with zero attached hydrogens (tertiary/aromatic N) is 2. The van der Waals surface area contributed by atoms with E-state index in [-0.39, 0.29) is 24.3 Å². The maximum Gasteiger partial charge on any atom is 0.248 e. The molecule has 1 aliphatic rings. The molecule has 0 aliphatic carbocycles. The molecule has 21 heavy (non-hydrogen) atoms. The molecule has 2 amide bonds. The Morgan fingerprint density at radius 1 is 1.33 bits per heavy atom. The number of piperidine rings is 1. The molecule has 0 radical (unpaired) electrons. The molecule has 1 atom stereocenters. The van der Waals surface area contributed by atoms with Gasteiger partial charge in [-0.05, 0) is 25.0 Å². The molecule has 1 aromatic heterocycles. The van der Waals surface area contributed by atoms with Gasteiger partial charge in [0.25, 0.3) is 0 Å². The quantitative estimate of drug-likeness (QED) is 0.830. The zero-order valence-corrected chi connectivity index (χ0v) is 12.5. The Morgan fingerprint density at radius 2 is 2.10 bits per heavy atom. The second kappa shape index (κ2) is 7.83. The number of methoxy groups -OCH3 is 1. The predicted octanol–water partition coefficient (Wildman–Crippen LogP) is 0.489. The van der Waals surface area contributed by atoms with E-state index in [9.17, 15) is 9.59 Å². The third-order valence-electron chi connectivity index (χ3n) is 3.75. The van der Waals surface area contributed by atoms with Crippen LogP contribution in [0.1, 0.15) is 12.8 Å². The topological polar surface area (TPSA) is 63.6 Å². The van der Waals surface area contributed by atoms with E-state index >= 15 is 0 Å². The van der Waals surface area contributed by atoms with E-state index in [0.29, 0.717) is 13.1 Å². The van der Waals surface area contributed by atoms with Gasteiger partial charge in [0.05, 0.1) is 5.92 Å². The van der Waals surface area contributed by atoms with Crippen molar-refractivity contribution in [1.82, 2.24) is 14.8 Å². The second-order valence-electron chi connectivity index (χ2n) is 5.32. The number of hydrogen-bond acceptors (Lipinski definition) is 3. The van der Waals surface area contributed by atoms with Crippen LogP contribution in [0.3, 0.4) is 0 Å². The molecule has 1 fully saturated rings. The van der Waals surface area contributed by atoms with Crippen molar-refractivity contribution in [2.24, 2.45) is 5.92 Å².